The molecular formula is C18H26N2O3S. The van der Waals surface area contributed by atoms with Crippen molar-refractivity contribution in [3.63, 3.8) is 0 Å². The first-order valence-corrected chi connectivity index (χ1v) is 10.4. The average molecular weight is 350 g/mol. The second kappa shape index (κ2) is 6.39. The van der Waals surface area contributed by atoms with Gasteiger partial charge < -0.3 is 5.32 Å². The fourth-order valence-corrected chi connectivity index (χ4v) is 5.18. The van der Waals surface area contributed by atoms with Gasteiger partial charge in [-0.2, -0.15) is 0 Å². The van der Waals surface area contributed by atoms with E-state index < -0.39 is 10.0 Å². The molecule has 5 nitrogen and oxygen atoms in total. The molecule has 2 fully saturated rings. The number of sulfonamides is 1. The van der Waals surface area contributed by atoms with E-state index in [1.807, 2.05) is 26.0 Å². The largest absolute Gasteiger partial charge is 0.352 e. The van der Waals surface area contributed by atoms with Gasteiger partial charge in [-0.25, -0.2) is 8.42 Å². The minimum absolute atomic E-state index is 0.156. The van der Waals surface area contributed by atoms with Crippen molar-refractivity contribution < 1.29 is 13.2 Å². The van der Waals surface area contributed by atoms with Crippen molar-refractivity contribution in [1.82, 2.24) is 5.32 Å². The Balaban J connectivity index is 1.74. The van der Waals surface area contributed by atoms with Crippen LogP contribution in [-0.4, -0.2) is 33.2 Å². The van der Waals surface area contributed by atoms with E-state index in [-0.39, 0.29) is 18.5 Å². The first-order valence-electron chi connectivity index (χ1n) is 8.58. The van der Waals surface area contributed by atoms with Gasteiger partial charge in [0.25, 0.3) is 0 Å². The Kier molecular flexibility index (Phi) is 4.60. The third-order valence-corrected chi connectivity index (χ3v) is 6.52. The van der Waals surface area contributed by atoms with Crippen LogP contribution in [-0.2, 0) is 14.8 Å². The Morgan fingerprint density at radius 3 is 2.54 bits per heavy atom. The third-order valence-electron chi connectivity index (χ3n) is 5.39. The molecule has 0 saturated heterocycles. The summed E-state index contributed by atoms with van der Waals surface area (Å²) in [6.45, 7) is 3.67. The van der Waals surface area contributed by atoms with E-state index in [9.17, 15) is 13.2 Å². The van der Waals surface area contributed by atoms with Crippen molar-refractivity contribution in [3.8, 4) is 0 Å². The van der Waals surface area contributed by atoms with Crippen LogP contribution in [0.1, 0.15) is 36.8 Å². The molecule has 3 atom stereocenters. The second-order valence-electron chi connectivity index (χ2n) is 7.41. The molecule has 0 aliphatic heterocycles. The first kappa shape index (κ1) is 17.3. The molecule has 2 aliphatic carbocycles. The lowest BCUT2D eigenvalue weighted by Gasteiger charge is -2.27. The molecule has 2 bridgehead atoms. The number of amides is 1. The van der Waals surface area contributed by atoms with Crippen LogP contribution in [0.25, 0.3) is 0 Å². The summed E-state index contributed by atoms with van der Waals surface area (Å²) in [5.41, 5.74) is 2.50. The van der Waals surface area contributed by atoms with Crippen molar-refractivity contribution in [2.45, 2.75) is 45.6 Å². The molecule has 1 aromatic carbocycles. The number of benzene rings is 1. The molecule has 3 rings (SSSR count). The number of anilines is 1. The number of nitrogens with zero attached hydrogens (tertiary/aromatic N) is 1. The number of hydrogen-bond donors (Lipinski definition) is 1. The molecular weight excluding hydrogens is 324 g/mol. The van der Waals surface area contributed by atoms with Gasteiger partial charge in [-0.15, -0.1) is 0 Å². The number of rotatable bonds is 5. The topological polar surface area (TPSA) is 66.5 Å². The summed E-state index contributed by atoms with van der Waals surface area (Å²) in [5.74, 6) is 1.11. The average Bonchev–Trinajstić information content (AvgIpc) is 3.07. The molecule has 132 valence electrons. The summed E-state index contributed by atoms with van der Waals surface area (Å²) in [4.78, 5) is 12.5. The molecule has 2 aliphatic rings. The Hall–Kier alpha value is -1.56. The van der Waals surface area contributed by atoms with Gasteiger partial charge >= 0.3 is 0 Å². The summed E-state index contributed by atoms with van der Waals surface area (Å²) >= 11 is 0. The van der Waals surface area contributed by atoms with Gasteiger partial charge in [0.15, 0.2) is 0 Å². The van der Waals surface area contributed by atoms with E-state index in [0.717, 1.165) is 29.7 Å². The van der Waals surface area contributed by atoms with Gasteiger partial charge in [0.2, 0.25) is 15.9 Å². The predicted molar refractivity (Wildman–Crippen MR) is 95.5 cm³/mol. The van der Waals surface area contributed by atoms with Crippen LogP contribution in [0.2, 0.25) is 0 Å². The highest BCUT2D eigenvalue weighted by molar-refractivity contribution is 7.92. The third kappa shape index (κ3) is 3.58. The van der Waals surface area contributed by atoms with Crippen LogP contribution in [0, 0.1) is 25.7 Å². The molecule has 0 spiro atoms. The smallest absolute Gasteiger partial charge is 0.241 e. The Morgan fingerprint density at radius 1 is 1.25 bits per heavy atom. The van der Waals surface area contributed by atoms with Gasteiger partial charge in [0.1, 0.15) is 6.54 Å². The molecule has 0 aromatic heterocycles. The Labute approximate surface area is 144 Å². The molecule has 0 radical (unpaired) electrons. The van der Waals surface area contributed by atoms with Crippen molar-refractivity contribution in [3.05, 3.63) is 29.3 Å². The van der Waals surface area contributed by atoms with E-state index in [1.54, 1.807) is 6.07 Å². The highest BCUT2D eigenvalue weighted by atomic mass is 32.2. The van der Waals surface area contributed by atoms with Crippen LogP contribution in [0.5, 0.6) is 0 Å². The number of carbonyl (C=O) groups excluding carboxylic acids is 1. The van der Waals surface area contributed by atoms with E-state index in [0.29, 0.717) is 11.6 Å². The number of fused-ring (bicyclic) bond motifs is 2. The zero-order valence-electron chi connectivity index (χ0n) is 14.6. The molecule has 1 aromatic rings. The summed E-state index contributed by atoms with van der Waals surface area (Å²) in [6.07, 6.45) is 5.85. The van der Waals surface area contributed by atoms with Crippen molar-refractivity contribution >= 4 is 21.6 Å². The van der Waals surface area contributed by atoms with Gasteiger partial charge in [-0.05, 0) is 56.6 Å². The zero-order valence-corrected chi connectivity index (χ0v) is 15.4. The minimum Gasteiger partial charge on any atom is -0.352 e. The van der Waals surface area contributed by atoms with Crippen LogP contribution in [0.4, 0.5) is 5.69 Å². The number of hydrogen-bond acceptors (Lipinski definition) is 3. The molecule has 24 heavy (non-hydrogen) atoms. The lowest BCUT2D eigenvalue weighted by Crippen LogP contribution is -2.45. The summed E-state index contributed by atoms with van der Waals surface area (Å²) < 4.78 is 25.6. The molecule has 2 saturated carbocycles. The maximum absolute atomic E-state index is 12.5. The number of nitrogens with one attached hydrogen (secondary N) is 1. The predicted octanol–water partition coefficient (Wildman–Crippen LogP) is 2.37. The van der Waals surface area contributed by atoms with Crippen LogP contribution in [0.15, 0.2) is 18.2 Å². The number of aryl methyl sites for hydroxylation is 2. The zero-order chi connectivity index (χ0) is 17.5. The van der Waals surface area contributed by atoms with E-state index in [4.69, 9.17) is 0 Å². The molecule has 1 N–H and O–H groups in total. The van der Waals surface area contributed by atoms with Crippen molar-refractivity contribution in [2.24, 2.45) is 11.8 Å². The minimum atomic E-state index is -3.52. The van der Waals surface area contributed by atoms with Crippen LogP contribution in [0.3, 0.4) is 0 Å². The molecule has 0 heterocycles. The summed E-state index contributed by atoms with van der Waals surface area (Å²) in [5, 5.41) is 3.07. The van der Waals surface area contributed by atoms with Gasteiger partial charge in [0.05, 0.1) is 11.9 Å². The Bertz CT molecular complexity index is 745. The molecule has 0 unspecified atom stereocenters. The summed E-state index contributed by atoms with van der Waals surface area (Å²) in [6, 6.07) is 5.79. The highest BCUT2D eigenvalue weighted by Gasteiger charge is 2.40. The monoisotopic (exact) mass is 350 g/mol. The van der Waals surface area contributed by atoms with Gasteiger partial charge in [0, 0.05) is 6.04 Å². The lowest BCUT2D eigenvalue weighted by atomic mass is 9.95. The summed E-state index contributed by atoms with van der Waals surface area (Å²) in [7, 11) is -3.52. The molecule has 1 amide bonds. The number of carbonyl (C=O) groups is 1. The second-order valence-corrected chi connectivity index (χ2v) is 9.32. The fourth-order valence-electron chi connectivity index (χ4n) is 4.27. The standard InChI is InChI=1S/C18H26N2O3S/c1-12-4-7-17(13(2)8-12)20(24(3,22)23)11-18(21)19-16-10-14-5-6-15(16)9-14/h4,7-8,14-16H,5-6,9-11H2,1-3H3,(H,19,21)/t14-,15-,16+/m0/s1. The molecule has 6 heteroatoms. The van der Waals surface area contributed by atoms with Gasteiger partial charge in [-0.3, -0.25) is 9.10 Å². The van der Waals surface area contributed by atoms with Crippen LogP contribution >= 0.6 is 0 Å². The van der Waals surface area contributed by atoms with E-state index in [1.165, 1.54) is 23.6 Å². The maximum Gasteiger partial charge on any atom is 0.241 e. The Morgan fingerprint density at radius 2 is 2.00 bits per heavy atom. The van der Waals surface area contributed by atoms with Crippen molar-refractivity contribution in [1.29, 1.82) is 0 Å². The fraction of sp³-hybridized carbons (Fsp3) is 0.611. The van der Waals surface area contributed by atoms with Crippen molar-refractivity contribution in [2.75, 3.05) is 17.1 Å². The quantitative estimate of drug-likeness (QED) is 0.886. The van der Waals surface area contributed by atoms with E-state index >= 15 is 0 Å². The van der Waals surface area contributed by atoms with Crippen LogP contribution < -0.4 is 9.62 Å². The highest BCUT2D eigenvalue weighted by Crippen LogP contribution is 2.44. The lowest BCUT2D eigenvalue weighted by molar-refractivity contribution is -0.120. The first-order chi connectivity index (χ1) is 11.2. The van der Waals surface area contributed by atoms with E-state index in [2.05, 4.69) is 5.32 Å². The van der Waals surface area contributed by atoms with Gasteiger partial charge in [-0.1, -0.05) is 24.1 Å². The SMILES string of the molecule is Cc1ccc(N(CC(=O)N[C@@H]2C[C@H]3CC[C@H]2C3)S(C)(=O)=O)c(C)c1. The maximum atomic E-state index is 12.5. The normalized spacial score (nSPS) is 25.7.